The van der Waals surface area contributed by atoms with Crippen LogP contribution in [-0.4, -0.2) is 42.4 Å². The van der Waals surface area contributed by atoms with Crippen LogP contribution in [0.1, 0.15) is 59.9 Å². The van der Waals surface area contributed by atoms with E-state index in [0.717, 1.165) is 5.56 Å². The Kier molecular flexibility index (Phi) is 7.95. The Hall–Kier alpha value is -3.15. The molecular weight excluding hydrogens is 368 g/mol. The van der Waals surface area contributed by atoms with Crippen LogP contribution in [0.15, 0.2) is 48.5 Å². The fourth-order valence-electron chi connectivity index (χ4n) is 2.81. The minimum absolute atomic E-state index is 0.0507. The van der Waals surface area contributed by atoms with Crippen molar-refractivity contribution in [2.75, 3.05) is 25.0 Å². The van der Waals surface area contributed by atoms with E-state index in [4.69, 9.17) is 4.74 Å². The lowest BCUT2D eigenvalue weighted by atomic mass is 10.0. The van der Waals surface area contributed by atoms with E-state index in [-0.39, 0.29) is 12.5 Å². The Morgan fingerprint density at radius 1 is 0.897 bits per heavy atom. The highest BCUT2D eigenvalue weighted by atomic mass is 16.5. The summed E-state index contributed by atoms with van der Waals surface area (Å²) in [5.41, 5.74) is 2.62. The average Bonchev–Trinajstić information content (AvgIpc) is 2.73. The molecule has 6 nitrogen and oxygen atoms in total. The second-order valence-corrected chi connectivity index (χ2v) is 6.96. The molecule has 0 atom stereocenters. The smallest absolute Gasteiger partial charge is 0.338 e. The van der Waals surface area contributed by atoms with Crippen molar-refractivity contribution in [3.8, 4) is 0 Å². The van der Waals surface area contributed by atoms with Crippen molar-refractivity contribution in [3.05, 3.63) is 65.2 Å². The largest absolute Gasteiger partial charge is 0.452 e. The molecular formula is C23H28N2O4. The highest BCUT2D eigenvalue weighted by Gasteiger charge is 2.13. The fraction of sp³-hybridized carbons (Fsp3) is 0.348. The van der Waals surface area contributed by atoms with Crippen LogP contribution in [0, 0.1) is 0 Å². The Labute approximate surface area is 171 Å². The fourth-order valence-corrected chi connectivity index (χ4v) is 2.81. The van der Waals surface area contributed by atoms with Crippen LogP contribution in [0.3, 0.4) is 0 Å². The van der Waals surface area contributed by atoms with Gasteiger partial charge in [-0.15, -0.1) is 0 Å². The van der Waals surface area contributed by atoms with E-state index in [1.165, 1.54) is 0 Å². The van der Waals surface area contributed by atoms with E-state index in [0.29, 0.717) is 35.8 Å². The zero-order chi connectivity index (χ0) is 21.4. The lowest BCUT2D eigenvalue weighted by Crippen LogP contribution is -2.30. The summed E-state index contributed by atoms with van der Waals surface area (Å²) in [7, 11) is 0. The number of esters is 1. The summed E-state index contributed by atoms with van der Waals surface area (Å²) in [5, 5.41) is 2.66. The van der Waals surface area contributed by atoms with Gasteiger partial charge in [0, 0.05) is 24.3 Å². The van der Waals surface area contributed by atoms with Gasteiger partial charge >= 0.3 is 5.97 Å². The summed E-state index contributed by atoms with van der Waals surface area (Å²) in [4.78, 5) is 38.1. The monoisotopic (exact) mass is 396 g/mol. The maximum atomic E-state index is 12.3. The molecule has 0 spiro atoms. The minimum Gasteiger partial charge on any atom is -0.452 e. The Morgan fingerprint density at radius 2 is 1.45 bits per heavy atom. The molecule has 0 heterocycles. The lowest BCUT2D eigenvalue weighted by Gasteiger charge is -2.18. The number of anilines is 1. The molecule has 0 unspecified atom stereocenters. The van der Waals surface area contributed by atoms with Crippen LogP contribution in [0.4, 0.5) is 5.69 Å². The Balaban J connectivity index is 1.87. The highest BCUT2D eigenvalue weighted by Crippen LogP contribution is 2.15. The van der Waals surface area contributed by atoms with Crippen LogP contribution in [-0.2, 0) is 9.53 Å². The third-order valence-electron chi connectivity index (χ3n) is 4.61. The van der Waals surface area contributed by atoms with Gasteiger partial charge in [-0.25, -0.2) is 4.79 Å². The topological polar surface area (TPSA) is 75.7 Å². The number of amides is 2. The van der Waals surface area contributed by atoms with Crippen molar-refractivity contribution in [1.29, 1.82) is 0 Å². The molecule has 0 aliphatic carbocycles. The predicted molar refractivity (Wildman–Crippen MR) is 113 cm³/mol. The van der Waals surface area contributed by atoms with E-state index in [1.807, 2.05) is 26.0 Å². The molecule has 0 aliphatic heterocycles. The number of benzene rings is 2. The summed E-state index contributed by atoms with van der Waals surface area (Å²) >= 11 is 0. The normalized spacial score (nSPS) is 10.5. The summed E-state index contributed by atoms with van der Waals surface area (Å²) in [5.74, 6) is -0.666. The van der Waals surface area contributed by atoms with Gasteiger partial charge in [-0.05, 0) is 61.7 Å². The first-order valence-electron chi connectivity index (χ1n) is 9.82. The molecule has 0 saturated carbocycles. The van der Waals surface area contributed by atoms with Crippen molar-refractivity contribution in [1.82, 2.24) is 4.90 Å². The number of hydrogen-bond acceptors (Lipinski definition) is 4. The van der Waals surface area contributed by atoms with Crippen LogP contribution in [0.2, 0.25) is 0 Å². The number of carbonyl (C=O) groups excluding carboxylic acids is 3. The Bertz CT molecular complexity index is 838. The number of carbonyl (C=O) groups is 3. The van der Waals surface area contributed by atoms with Gasteiger partial charge in [0.05, 0.1) is 5.56 Å². The van der Waals surface area contributed by atoms with Crippen LogP contribution < -0.4 is 5.32 Å². The van der Waals surface area contributed by atoms with Crippen LogP contribution >= 0.6 is 0 Å². The summed E-state index contributed by atoms with van der Waals surface area (Å²) in [6.45, 7) is 8.89. The first kappa shape index (κ1) is 22.1. The van der Waals surface area contributed by atoms with E-state index >= 15 is 0 Å². The third-order valence-corrected chi connectivity index (χ3v) is 4.61. The molecule has 2 aromatic rings. The van der Waals surface area contributed by atoms with Crippen molar-refractivity contribution in [2.45, 2.75) is 33.6 Å². The molecule has 0 saturated heterocycles. The van der Waals surface area contributed by atoms with Crippen molar-refractivity contribution in [2.24, 2.45) is 0 Å². The van der Waals surface area contributed by atoms with Gasteiger partial charge < -0.3 is 15.0 Å². The van der Waals surface area contributed by atoms with Gasteiger partial charge in [0.1, 0.15) is 0 Å². The molecule has 2 rings (SSSR count). The molecule has 2 aromatic carbocycles. The number of hydrogen-bond donors (Lipinski definition) is 1. The third kappa shape index (κ3) is 6.17. The van der Waals surface area contributed by atoms with Crippen LogP contribution in [0.25, 0.3) is 0 Å². The molecule has 0 fully saturated rings. The minimum atomic E-state index is -0.546. The van der Waals surface area contributed by atoms with E-state index in [1.54, 1.807) is 41.3 Å². The van der Waals surface area contributed by atoms with Gasteiger partial charge in [0.15, 0.2) is 6.61 Å². The van der Waals surface area contributed by atoms with E-state index in [2.05, 4.69) is 19.2 Å². The van der Waals surface area contributed by atoms with Crippen molar-refractivity contribution >= 4 is 23.5 Å². The number of nitrogens with one attached hydrogen (secondary N) is 1. The summed E-state index contributed by atoms with van der Waals surface area (Å²) in [6.07, 6.45) is 0. The van der Waals surface area contributed by atoms with E-state index < -0.39 is 11.9 Å². The Morgan fingerprint density at radius 3 is 1.97 bits per heavy atom. The highest BCUT2D eigenvalue weighted by molar-refractivity contribution is 5.97. The molecule has 2 amide bonds. The molecule has 1 N–H and O–H groups in total. The standard InChI is InChI=1S/C23H28N2O4/c1-5-25(6-2)22(27)18-11-13-20(14-12-18)24-21(26)15-29-23(28)19-9-7-17(8-10-19)16(3)4/h7-14,16H,5-6,15H2,1-4H3,(H,24,26). The van der Waals surface area contributed by atoms with Gasteiger partial charge in [-0.1, -0.05) is 26.0 Å². The summed E-state index contributed by atoms with van der Waals surface area (Å²) in [6, 6.07) is 13.8. The van der Waals surface area contributed by atoms with Crippen LogP contribution in [0.5, 0.6) is 0 Å². The maximum absolute atomic E-state index is 12.3. The lowest BCUT2D eigenvalue weighted by molar-refractivity contribution is -0.119. The molecule has 6 heteroatoms. The van der Waals surface area contributed by atoms with Gasteiger partial charge in [0.25, 0.3) is 11.8 Å². The van der Waals surface area contributed by atoms with Gasteiger partial charge in [0.2, 0.25) is 0 Å². The number of rotatable bonds is 8. The second-order valence-electron chi connectivity index (χ2n) is 6.96. The molecule has 0 aliphatic rings. The first-order valence-corrected chi connectivity index (χ1v) is 9.82. The quantitative estimate of drug-likeness (QED) is 0.682. The average molecular weight is 396 g/mol. The van der Waals surface area contributed by atoms with Crippen molar-refractivity contribution in [3.63, 3.8) is 0 Å². The zero-order valence-corrected chi connectivity index (χ0v) is 17.4. The molecule has 29 heavy (non-hydrogen) atoms. The first-order chi connectivity index (χ1) is 13.8. The predicted octanol–water partition coefficient (Wildman–Crippen LogP) is 4.09. The van der Waals surface area contributed by atoms with E-state index in [9.17, 15) is 14.4 Å². The molecule has 0 bridgehead atoms. The van der Waals surface area contributed by atoms with Gasteiger partial charge in [-0.2, -0.15) is 0 Å². The van der Waals surface area contributed by atoms with Crippen molar-refractivity contribution < 1.29 is 19.1 Å². The second kappa shape index (κ2) is 10.4. The van der Waals surface area contributed by atoms with Gasteiger partial charge in [-0.3, -0.25) is 9.59 Å². The molecule has 154 valence electrons. The summed E-state index contributed by atoms with van der Waals surface area (Å²) < 4.78 is 5.07. The molecule has 0 aromatic heterocycles. The SMILES string of the molecule is CCN(CC)C(=O)c1ccc(NC(=O)COC(=O)c2ccc(C(C)C)cc2)cc1. The number of ether oxygens (including phenoxy) is 1. The zero-order valence-electron chi connectivity index (χ0n) is 17.4. The number of nitrogens with zero attached hydrogens (tertiary/aromatic N) is 1. The molecule has 0 radical (unpaired) electrons. The maximum Gasteiger partial charge on any atom is 0.338 e.